The van der Waals surface area contributed by atoms with Crippen LogP contribution in [0, 0.1) is 6.92 Å². The van der Waals surface area contributed by atoms with Gasteiger partial charge in [0.25, 0.3) is 0 Å². The Kier molecular flexibility index (Phi) is 11.6. The van der Waals surface area contributed by atoms with E-state index in [1.54, 1.807) is 53.3 Å². The summed E-state index contributed by atoms with van der Waals surface area (Å²) in [4.78, 5) is 0. The molecule has 34 heavy (non-hydrogen) atoms. The molecule has 2 atom stereocenters. The molecule has 3 N–H and O–H groups in total. The van der Waals surface area contributed by atoms with E-state index in [0.29, 0.717) is 17.0 Å². The summed E-state index contributed by atoms with van der Waals surface area (Å²) in [6.45, 7) is 6.54. The molecule has 0 spiro atoms. The van der Waals surface area contributed by atoms with Crippen LogP contribution in [-0.4, -0.2) is 13.9 Å². The molecule has 9 heteroatoms. The third kappa shape index (κ3) is 8.62. The molecule has 0 saturated carbocycles. The number of rotatable bonds is 6. The first-order chi connectivity index (χ1) is 15.4. The van der Waals surface area contributed by atoms with Crippen molar-refractivity contribution in [2.45, 2.75) is 44.3 Å². The van der Waals surface area contributed by atoms with E-state index >= 15 is 0 Å². The second-order valence-corrected chi connectivity index (χ2v) is 9.66. The summed E-state index contributed by atoms with van der Waals surface area (Å²) in [7, 11) is -5.53. The SMILES string of the molecule is Cc1ccc(C(C)C)cc1.N[C@@H](c1ccccc1)[C@@H](NS(=O)(=O)C(F)(F)F)c1ccccc1.[H-].[H-].[H-].[Ru+3]. The van der Waals surface area contributed by atoms with Crippen LogP contribution in [-0.2, 0) is 29.5 Å². The number of hydrogen-bond donors (Lipinski definition) is 2. The molecule has 4 nitrogen and oxygen atoms in total. The standard InChI is InChI=1S/C15H15F3N2O2S.C10H14.Ru.3H/c16-15(17,18)23(21,22)20-14(12-9-5-2-6-10-12)13(19)11-7-3-1-4-8-11;1-8(2)10-6-4-9(3)5-7-10;;;;/h1-10,13-14,20H,19H2;4-8H,1-3H3;;;;/q;;+3;3*-1/t13-,14-;;;;;/m0...../s1. The summed E-state index contributed by atoms with van der Waals surface area (Å²) < 4.78 is 62.7. The number of hydrogen-bond acceptors (Lipinski definition) is 3. The Labute approximate surface area is 217 Å². The second kappa shape index (κ2) is 13.1. The summed E-state index contributed by atoms with van der Waals surface area (Å²) in [5.41, 5.74) is 4.24. The Bertz CT molecular complexity index is 1110. The molecule has 0 heterocycles. The van der Waals surface area contributed by atoms with Gasteiger partial charge in [-0.2, -0.15) is 17.9 Å². The first-order valence-electron chi connectivity index (χ1n) is 10.4. The van der Waals surface area contributed by atoms with Crippen molar-refractivity contribution >= 4 is 10.0 Å². The Morgan fingerprint density at radius 3 is 1.65 bits per heavy atom. The molecule has 0 amide bonds. The third-order valence-corrected chi connectivity index (χ3v) is 6.21. The summed E-state index contributed by atoms with van der Waals surface area (Å²) in [5.74, 6) is 0.653. The number of nitrogens with one attached hydrogen (secondary N) is 1. The fraction of sp³-hybridized carbons (Fsp3) is 0.280. The maximum Gasteiger partial charge on any atom is 3.00 e. The minimum absolute atomic E-state index is 0. The van der Waals surface area contributed by atoms with Crippen molar-refractivity contribution in [3.8, 4) is 0 Å². The van der Waals surface area contributed by atoms with Crippen LogP contribution in [0.4, 0.5) is 13.2 Å². The third-order valence-electron chi connectivity index (χ3n) is 5.03. The van der Waals surface area contributed by atoms with E-state index in [9.17, 15) is 21.6 Å². The first-order valence-corrected chi connectivity index (χ1v) is 11.9. The van der Waals surface area contributed by atoms with Gasteiger partial charge in [-0.05, 0) is 29.5 Å². The van der Waals surface area contributed by atoms with Crippen molar-refractivity contribution < 1.29 is 45.3 Å². The molecule has 3 aromatic rings. The van der Waals surface area contributed by atoms with Gasteiger partial charge < -0.3 is 10.0 Å². The van der Waals surface area contributed by atoms with Gasteiger partial charge in [-0.15, -0.1) is 0 Å². The van der Waals surface area contributed by atoms with Crippen LogP contribution in [0.3, 0.4) is 0 Å². The Morgan fingerprint density at radius 1 is 0.794 bits per heavy atom. The fourth-order valence-electron chi connectivity index (χ4n) is 3.06. The Balaban J connectivity index is -0.000000709. The smallest absolute Gasteiger partial charge is 1.00 e. The average molecular weight is 583 g/mol. The van der Waals surface area contributed by atoms with Gasteiger partial charge in [-0.3, -0.25) is 0 Å². The molecule has 0 unspecified atom stereocenters. The predicted octanol–water partition coefficient (Wildman–Crippen LogP) is 6.32. The van der Waals surface area contributed by atoms with E-state index in [1.165, 1.54) is 23.3 Å². The molecule has 0 aliphatic carbocycles. The Morgan fingerprint density at radius 2 is 1.24 bits per heavy atom. The normalized spacial score (nSPS) is 13.3. The van der Waals surface area contributed by atoms with Crippen molar-refractivity contribution in [3.05, 3.63) is 107 Å². The van der Waals surface area contributed by atoms with Gasteiger partial charge >= 0.3 is 35.0 Å². The zero-order valence-corrected chi connectivity index (χ0v) is 21.7. The van der Waals surface area contributed by atoms with Gasteiger partial charge in [0.05, 0.1) is 12.1 Å². The van der Waals surface area contributed by atoms with Gasteiger partial charge in [-0.1, -0.05) is 104 Å². The van der Waals surface area contributed by atoms with E-state index in [1.807, 2.05) is 0 Å². The summed E-state index contributed by atoms with van der Waals surface area (Å²) in [5, 5.41) is 0. The van der Waals surface area contributed by atoms with E-state index < -0.39 is 27.6 Å². The second-order valence-electron chi connectivity index (χ2n) is 7.96. The number of alkyl halides is 3. The summed E-state index contributed by atoms with van der Waals surface area (Å²) >= 11 is 0. The fourth-order valence-corrected chi connectivity index (χ4v) is 3.81. The van der Waals surface area contributed by atoms with Gasteiger partial charge in [0.2, 0.25) is 0 Å². The topological polar surface area (TPSA) is 72.2 Å². The molecule has 3 rings (SSSR count). The van der Waals surface area contributed by atoms with Gasteiger partial charge in [-0.25, -0.2) is 8.42 Å². The van der Waals surface area contributed by atoms with Crippen molar-refractivity contribution in [3.63, 3.8) is 0 Å². The monoisotopic (exact) mass is 583 g/mol. The predicted molar refractivity (Wildman–Crippen MR) is 129 cm³/mol. The quantitative estimate of drug-likeness (QED) is 0.334. The van der Waals surface area contributed by atoms with Crippen LogP contribution in [0.5, 0.6) is 0 Å². The van der Waals surface area contributed by atoms with Gasteiger partial charge in [0.1, 0.15) is 0 Å². The molecule has 189 valence electrons. The van der Waals surface area contributed by atoms with Crippen LogP contribution < -0.4 is 10.5 Å². The number of benzene rings is 3. The van der Waals surface area contributed by atoms with Crippen molar-refractivity contribution in [2.24, 2.45) is 5.73 Å². The molecule has 0 saturated heterocycles. The number of nitrogens with two attached hydrogens (primary N) is 1. The van der Waals surface area contributed by atoms with Crippen LogP contribution in [0.2, 0.25) is 0 Å². The van der Waals surface area contributed by atoms with Crippen molar-refractivity contribution in [1.82, 2.24) is 4.72 Å². The van der Waals surface area contributed by atoms with Crippen LogP contribution in [0.15, 0.2) is 84.9 Å². The maximum absolute atomic E-state index is 12.7. The van der Waals surface area contributed by atoms with Crippen LogP contribution in [0.1, 0.15) is 58.4 Å². The summed E-state index contributed by atoms with van der Waals surface area (Å²) in [6, 6.07) is 22.7. The molecular weight excluding hydrogens is 550 g/mol. The van der Waals surface area contributed by atoms with E-state index in [2.05, 4.69) is 45.0 Å². The van der Waals surface area contributed by atoms with Gasteiger partial charge in [0, 0.05) is 0 Å². The van der Waals surface area contributed by atoms with E-state index in [4.69, 9.17) is 5.73 Å². The van der Waals surface area contributed by atoms with E-state index in [0.717, 1.165) is 0 Å². The largest absolute Gasteiger partial charge is 3.00 e. The van der Waals surface area contributed by atoms with Crippen LogP contribution >= 0.6 is 0 Å². The maximum atomic E-state index is 12.7. The van der Waals surface area contributed by atoms with Crippen molar-refractivity contribution in [1.29, 1.82) is 0 Å². The number of sulfonamides is 1. The summed E-state index contributed by atoms with van der Waals surface area (Å²) in [6.07, 6.45) is 0. The first kappa shape index (κ1) is 30.0. The molecule has 0 aromatic heterocycles. The average Bonchev–Trinajstić information content (AvgIpc) is 2.78. The number of aryl methyl sites for hydroxylation is 1. The van der Waals surface area contributed by atoms with Crippen LogP contribution in [0.25, 0.3) is 0 Å². The van der Waals surface area contributed by atoms with E-state index in [-0.39, 0.29) is 23.8 Å². The molecule has 0 bridgehead atoms. The minimum Gasteiger partial charge on any atom is -1.00 e. The molecule has 0 fully saturated rings. The minimum atomic E-state index is -5.53. The molecule has 3 aromatic carbocycles. The number of halogens is 3. The van der Waals surface area contributed by atoms with Gasteiger partial charge in [0.15, 0.2) is 0 Å². The molecule has 0 aliphatic rings. The molecule has 1 radical (unpaired) electrons. The Hall–Kier alpha value is -2.06. The zero-order valence-electron chi connectivity index (χ0n) is 22.1. The molecular formula is C25H32F3N2O2RuS. The molecule has 0 aliphatic heterocycles. The zero-order chi connectivity index (χ0) is 24.6. The van der Waals surface area contributed by atoms with Crippen molar-refractivity contribution in [2.75, 3.05) is 0 Å².